The minimum Gasteiger partial charge on any atom is -0.503 e. The number of phenols is 1. The van der Waals surface area contributed by atoms with Crippen LogP contribution in [0.1, 0.15) is 5.56 Å². The molecule has 0 aliphatic heterocycles. The Kier molecular flexibility index (Phi) is 4.77. The number of carbonyl (C=O) groups is 1. The van der Waals surface area contributed by atoms with Crippen molar-refractivity contribution in [2.45, 2.75) is 6.54 Å². The van der Waals surface area contributed by atoms with Crippen LogP contribution in [0.4, 0.5) is 0 Å². The number of hydrogen-bond donors (Lipinski definition) is 2. The Morgan fingerprint density at radius 3 is 2.76 bits per heavy atom. The molecule has 0 radical (unpaired) electrons. The number of amides is 1. The molecule has 0 aliphatic rings. The summed E-state index contributed by atoms with van der Waals surface area (Å²) in [5.41, 5.74) is 6.01. The standard InChI is InChI=1S/C11H15BrN2O3/c1-14(6-10(13)15)5-7-3-8(12)11(16)9(4-7)17-2/h3-4,16H,5-6H2,1-2H3,(H2,13,15). The molecule has 0 heterocycles. The van der Waals surface area contributed by atoms with Gasteiger partial charge in [-0.05, 0) is 40.7 Å². The van der Waals surface area contributed by atoms with Crippen LogP contribution in [0.15, 0.2) is 16.6 Å². The number of likely N-dealkylation sites (N-methyl/N-ethyl adjacent to an activating group) is 1. The van der Waals surface area contributed by atoms with Gasteiger partial charge in [-0.15, -0.1) is 0 Å². The van der Waals surface area contributed by atoms with Gasteiger partial charge < -0.3 is 15.6 Å². The molecule has 0 aliphatic carbocycles. The maximum atomic E-state index is 10.8. The molecular weight excluding hydrogens is 288 g/mol. The van der Waals surface area contributed by atoms with Crippen molar-refractivity contribution in [3.63, 3.8) is 0 Å². The highest BCUT2D eigenvalue weighted by atomic mass is 79.9. The van der Waals surface area contributed by atoms with E-state index < -0.39 is 0 Å². The van der Waals surface area contributed by atoms with Crippen LogP contribution in [0.25, 0.3) is 0 Å². The summed E-state index contributed by atoms with van der Waals surface area (Å²) in [5.74, 6) is 0.0768. The predicted molar refractivity (Wildman–Crippen MR) is 67.9 cm³/mol. The summed E-state index contributed by atoms with van der Waals surface area (Å²) in [6.45, 7) is 0.721. The van der Waals surface area contributed by atoms with E-state index in [2.05, 4.69) is 15.9 Å². The van der Waals surface area contributed by atoms with E-state index >= 15 is 0 Å². The lowest BCUT2D eigenvalue weighted by Crippen LogP contribution is -2.30. The quantitative estimate of drug-likeness (QED) is 0.853. The third-order valence-corrected chi connectivity index (χ3v) is 2.79. The highest BCUT2D eigenvalue weighted by molar-refractivity contribution is 9.10. The zero-order valence-electron chi connectivity index (χ0n) is 9.74. The average molecular weight is 303 g/mol. The fraction of sp³-hybridized carbons (Fsp3) is 0.364. The number of nitrogens with two attached hydrogens (primary N) is 1. The van der Waals surface area contributed by atoms with E-state index in [0.29, 0.717) is 16.8 Å². The van der Waals surface area contributed by atoms with Crippen molar-refractivity contribution in [2.24, 2.45) is 5.73 Å². The van der Waals surface area contributed by atoms with Gasteiger partial charge in [0.25, 0.3) is 0 Å². The van der Waals surface area contributed by atoms with Crippen molar-refractivity contribution >= 4 is 21.8 Å². The molecule has 3 N–H and O–H groups in total. The summed E-state index contributed by atoms with van der Waals surface area (Å²) in [5, 5.41) is 9.64. The summed E-state index contributed by atoms with van der Waals surface area (Å²) in [6.07, 6.45) is 0. The topological polar surface area (TPSA) is 75.8 Å². The average Bonchev–Trinajstić information content (AvgIpc) is 2.21. The monoisotopic (exact) mass is 302 g/mol. The number of aromatic hydroxyl groups is 1. The first-order valence-corrected chi connectivity index (χ1v) is 5.75. The van der Waals surface area contributed by atoms with Gasteiger partial charge >= 0.3 is 0 Å². The molecule has 17 heavy (non-hydrogen) atoms. The van der Waals surface area contributed by atoms with Gasteiger partial charge in [0.2, 0.25) is 5.91 Å². The minimum absolute atomic E-state index is 0.0637. The van der Waals surface area contributed by atoms with E-state index in [1.165, 1.54) is 7.11 Å². The molecule has 0 saturated heterocycles. The van der Waals surface area contributed by atoms with E-state index in [1.54, 1.807) is 24.1 Å². The molecule has 1 rings (SSSR count). The number of primary amides is 1. The largest absolute Gasteiger partial charge is 0.503 e. The molecule has 1 amide bonds. The van der Waals surface area contributed by atoms with Crippen LogP contribution in [0.3, 0.4) is 0 Å². The molecular formula is C11H15BrN2O3. The van der Waals surface area contributed by atoms with Crippen LogP contribution < -0.4 is 10.5 Å². The van der Waals surface area contributed by atoms with Gasteiger partial charge in [0, 0.05) is 6.54 Å². The van der Waals surface area contributed by atoms with Crippen molar-refractivity contribution in [1.82, 2.24) is 4.90 Å². The second-order valence-electron chi connectivity index (χ2n) is 3.77. The number of carbonyl (C=O) groups excluding carboxylic acids is 1. The second kappa shape index (κ2) is 5.88. The number of ether oxygens (including phenoxy) is 1. The Labute approximate surface area is 108 Å². The fourth-order valence-corrected chi connectivity index (χ4v) is 2.00. The van der Waals surface area contributed by atoms with Crippen molar-refractivity contribution in [2.75, 3.05) is 20.7 Å². The number of nitrogens with zero attached hydrogens (tertiary/aromatic N) is 1. The number of benzene rings is 1. The SMILES string of the molecule is COc1cc(CN(C)CC(N)=O)cc(Br)c1O. The van der Waals surface area contributed by atoms with Crippen molar-refractivity contribution in [3.8, 4) is 11.5 Å². The molecule has 0 aromatic heterocycles. The van der Waals surface area contributed by atoms with Crippen molar-refractivity contribution in [3.05, 3.63) is 22.2 Å². The van der Waals surface area contributed by atoms with Crippen LogP contribution in [-0.2, 0) is 11.3 Å². The summed E-state index contributed by atoms with van der Waals surface area (Å²) in [7, 11) is 3.27. The molecule has 1 aromatic rings. The molecule has 6 heteroatoms. The Hall–Kier alpha value is -1.27. The molecule has 94 valence electrons. The Morgan fingerprint density at radius 1 is 1.59 bits per heavy atom. The van der Waals surface area contributed by atoms with E-state index in [1.807, 2.05) is 0 Å². The number of methoxy groups -OCH3 is 1. The lowest BCUT2D eigenvalue weighted by molar-refractivity contribution is -0.118. The van der Waals surface area contributed by atoms with E-state index in [4.69, 9.17) is 10.5 Å². The summed E-state index contributed by atoms with van der Waals surface area (Å²) >= 11 is 3.24. The predicted octanol–water partition coefficient (Wildman–Crippen LogP) is 1.08. The summed E-state index contributed by atoms with van der Waals surface area (Å²) in [4.78, 5) is 12.5. The first kappa shape index (κ1) is 13.8. The molecule has 1 aromatic carbocycles. The van der Waals surface area contributed by atoms with Gasteiger partial charge in [-0.1, -0.05) is 0 Å². The van der Waals surface area contributed by atoms with Gasteiger partial charge in [0.15, 0.2) is 11.5 Å². The second-order valence-corrected chi connectivity index (χ2v) is 4.62. The third kappa shape index (κ3) is 3.90. The molecule has 5 nitrogen and oxygen atoms in total. The Balaban J connectivity index is 2.85. The van der Waals surface area contributed by atoms with Gasteiger partial charge in [-0.25, -0.2) is 0 Å². The maximum Gasteiger partial charge on any atom is 0.231 e. The Bertz CT molecular complexity index is 423. The van der Waals surface area contributed by atoms with Gasteiger partial charge in [0.05, 0.1) is 18.1 Å². The fourth-order valence-electron chi connectivity index (χ4n) is 1.51. The third-order valence-electron chi connectivity index (χ3n) is 2.19. The molecule has 0 spiro atoms. The molecule has 0 atom stereocenters. The highest BCUT2D eigenvalue weighted by Gasteiger charge is 2.10. The first-order valence-electron chi connectivity index (χ1n) is 4.96. The number of phenolic OH excluding ortho intramolecular Hbond substituents is 1. The summed E-state index contributed by atoms with van der Waals surface area (Å²) < 4.78 is 5.59. The highest BCUT2D eigenvalue weighted by Crippen LogP contribution is 2.35. The lowest BCUT2D eigenvalue weighted by Gasteiger charge is -2.16. The molecule has 0 bridgehead atoms. The maximum absolute atomic E-state index is 10.8. The van der Waals surface area contributed by atoms with Crippen LogP contribution in [0.2, 0.25) is 0 Å². The van der Waals surface area contributed by atoms with Crippen molar-refractivity contribution < 1.29 is 14.6 Å². The van der Waals surface area contributed by atoms with Crippen molar-refractivity contribution in [1.29, 1.82) is 0 Å². The number of hydrogen-bond acceptors (Lipinski definition) is 4. The lowest BCUT2D eigenvalue weighted by atomic mass is 10.2. The number of rotatable bonds is 5. The van der Waals surface area contributed by atoms with E-state index in [-0.39, 0.29) is 18.2 Å². The molecule has 0 unspecified atom stereocenters. The number of halogens is 1. The molecule has 0 saturated carbocycles. The Morgan fingerprint density at radius 2 is 2.24 bits per heavy atom. The molecule has 0 fully saturated rings. The van der Waals surface area contributed by atoms with Crippen LogP contribution >= 0.6 is 15.9 Å². The van der Waals surface area contributed by atoms with Crippen LogP contribution in [0, 0.1) is 0 Å². The van der Waals surface area contributed by atoms with Crippen LogP contribution in [-0.4, -0.2) is 36.6 Å². The smallest absolute Gasteiger partial charge is 0.231 e. The van der Waals surface area contributed by atoms with E-state index in [9.17, 15) is 9.90 Å². The van der Waals surface area contributed by atoms with E-state index in [0.717, 1.165) is 5.56 Å². The van der Waals surface area contributed by atoms with Gasteiger partial charge in [0.1, 0.15) is 0 Å². The normalized spacial score (nSPS) is 10.6. The zero-order chi connectivity index (χ0) is 13.0. The van der Waals surface area contributed by atoms with Gasteiger partial charge in [-0.3, -0.25) is 9.69 Å². The van der Waals surface area contributed by atoms with Gasteiger partial charge in [-0.2, -0.15) is 0 Å². The zero-order valence-corrected chi connectivity index (χ0v) is 11.3. The summed E-state index contributed by atoms with van der Waals surface area (Å²) in [6, 6.07) is 3.49. The first-order chi connectivity index (χ1) is 7.93. The van der Waals surface area contributed by atoms with Crippen LogP contribution in [0.5, 0.6) is 11.5 Å². The minimum atomic E-state index is -0.377.